The van der Waals surface area contributed by atoms with Crippen LogP contribution in [0.5, 0.6) is 0 Å². The molecule has 10 heavy (non-hydrogen) atoms. The zero-order valence-corrected chi connectivity index (χ0v) is 7.42. The minimum Gasteiger partial charge on any atom is -0.481 e. The molecule has 3 nitrogen and oxygen atoms in total. The standard InChI is InChI=1S/C6H14O3Si/c1-10(2,9)5-3-4-6(7)8/h9H,3-5H2,1-2H3,(H,7,8). The van der Waals surface area contributed by atoms with E-state index in [1.54, 1.807) is 0 Å². The fourth-order valence-corrected chi connectivity index (χ4v) is 1.71. The number of hydrogen-bond acceptors (Lipinski definition) is 2. The molecule has 2 N–H and O–H groups in total. The van der Waals surface area contributed by atoms with Crippen LogP contribution in [0.25, 0.3) is 0 Å². The van der Waals surface area contributed by atoms with Gasteiger partial charge in [0.15, 0.2) is 8.32 Å². The van der Waals surface area contributed by atoms with E-state index in [-0.39, 0.29) is 6.42 Å². The summed E-state index contributed by atoms with van der Waals surface area (Å²) < 4.78 is 0. The summed E-state index contributed by atoms with van der Waals surface area (Å²) >= 11 is 0. The van der Waals surface area contributed by atoms with Crippen molar-refractivity contribution < 1.29 is 14.7 Å². The molecule has 0 rings (SSSR count). The molecule has 0 saturated carbocycles. The SMILES string of the molecule is C[Si](C)(O)CCCC(=O)O. The predicted molar refractivity (Wildman–Crippen MR) is 41.4 cm³/mol. The van der Waals surface area contributed by atoms with Crippen molar-refractivity contribution in [3.05, 3.63) is 0 Å². The van der Waals surface area contributed by atoms with E-state index in [1.807, 2.05) is 13.1 Å². The van der Waals surface area contributed by atoms with Gasteiger partial charge in [-0.05, 0) is 25.6 Å². The Hall–Kier alpha value is -0.353. The van der Waals surface area contributed by atoms with E-state index in [9.17, 15) is 9.59 Å². The third kappa shape index (κ3) is 7.65. The molecule has 0 radical (unpaired) electrons. The van der Waals surface area contributed by atoms with Crippen molar-refractivity contribution in [1.29, 1.82) is 0 Å². The highest BCUT2D eigenvalue weighted by molar-refractivity contribution is 6.69. The molecule has 0 aliphatic rings. The van der Waals surface area contributed by atoms with Crippen LogP contribution < -0.4 is 0 Å². The van der Waals surface area contributed by atoms with Crippen LogP contribution in [-0.4, -0.2) is 24.2 Å². The maximum Gasteiger partial charge on any atom is 0.303 e. The van der Waals surface area contributed by atoms with Gasteiger partial charge >= 0.3 is 5.97 Å². The van der Waals surface area contributed by atoms with E-state index in [2.05, 4.69) is 0 Å². The van der Waals surface area contributed by atoms with Crippen molar-refractivity contribution >= 4 is 14.3 Å². The average Bonchev–Trinajstić information content (AvgIpc) is 1.59. The van der Waals surface area contributed by atoms with Gasteiger partial charge in [0.05, 0.1) is 0 Å². The summed E-state index contributed by atoms with van der Waals surface area (Å²) in [6.45, 7) is 3.63. The molecule has 0 fully saturated rings. The summed E-state index contributed by atoms with van der Waals surface area (Å²) in [5, 5.41) is 8.24. The Labute approximate surface area is 61.8 Å². The van der Waals surface area contributed by atoms with Crippen LogP contribution in [0.4, 0.5) is 0 Å². The van der Waals surface area contributed by atoms with E-state index in [1.165, 1.54) is 0 Å². The molecule has 0 aromatic carbocycles. The summed E-state index contributed by atoms with van der Waals surface area (Å²) in [6.07, 6.45) is 0.780. The van der Waals surface area contributed by atoms with E-state index in [0.717, 1.165) is 0 Å². The molecule has 0 aromatic rings. The fraction of sp³-hybridized carbons (Fsp3) is 0.833. The van der Waals surface area contributed by atoms with Gasteiger partial charge < -0.3 is 9.90 Å². The summed E-state index contributed by atoms with van der Waals surface area (Å²) in [4.78, 5) is 19.3. The zero-order chi connectivity index (χ0) is 8.20. The molecule has 0 bridgehead atoms. The predicted octanol–water partition coefficient (Wildman–Crippen LogP) is 1.05. The molecule has 0 saturated heterocycles. The third-order valence-electron chi connectivity index (χ3n) is 1.18. The summed E-state index contributed by atoms with van der Waals surface area (Å²) in [5.41, 5.74) is 0. The minimum atomic E-state index is -1.99. The molecule has 0 aliphatic heterocycles. The first-order valence-electron chi connectivity index (χ1n) is 3.36. The van der Waals surface area contributed by atoms with E-state index in [0.29, 0.717) is 12.5 Å². The van der Waals surface area contributed by atoms with Crippen molar-refractivity contribution in [1.82, 2.24) is 0 Å². The Balaban J connectivity index is 3.29. The highest BCUT2D eigenvalue weighted by Crippen LogP contribution is 2.09. The number of rotatable bonds is 4. The lowest BCUT2D eigenvalue weighted by atomic mass is 10.3. The third-order valence-corrected chi connectivity index (χ3v) is 2.76. The van der Waals surface area contributed by atoms with E-state index < -0.39 is 14.3 Å². The normalized spacial score (nSPS) is 11.5. The van der Waals surface area contributed by atoms with Crippen molar-refractivity contribution in [2.75, 3.05) is 0 Å². The van der Waals surface area contributed by atoms with E-state index >= 15 is 0 Å². The highest BCUT2D eigenvalue weighted by atomic mass is 28.4. The fourth-order valence-electron chi connectivity index (χ4n) is 0.672. The Kier molecular flexibility index (Phi) is 3.60. The van der Waals surface area contributed by atoms with Gasteiger partial charge in [0.25, 0.3) is 0 Å². The highest BCUT2D eigenvalue weighted by Gasteiger charge is 2.16. The van der Waals surface area contributed by atoms with Crippen LogP contribution in [0.2, 0.25) is 19.1 Å². The number of aliphatic carboxylic acids is 1. The van der Waals surface area contributed by atoms with Gasteiger partial charge in [0, 0.05) is 6.42 Å². The molecule has 0 aliphatic carbocycles. The van der Waals surface area contributed by atoms with Crippen LogP contribution in [0, 0.1) is 0 Å². The average molecular weight is 162 g/mol. The van der Waals surface area contributed by atoms with Crippen LogP contribution >= 0.6 is 0 Å². The quantitative estimate of drug-likeness (QED) is 0.607. The van der Waals surface area contributed by atoms with Crippen LogP contribution in [-0.2, 0) is 4.79 Å². The van der Waals surface area contributed by atoms with E-state index in [4.69, 9.17) is 5.11 Å². The second-order valence-corrected chi connectivity index (χ2v) is 7.18. The van der Waals surface area contributed by atoms with Crippen LogP contribution in [0.15, 0.2) is 0 Å². The number of hydrogen-bond donors (Lipinski definition) is 2. The van der Waals surface area contributed by atoms with Crippen LogP contribution in [0.1, 0.15) is 12.8 Å². The maximum absolute atomic E-state index is 10.0. The number of carboxylic acids is 1. The molecule has 0 spiro atoms. The monoisotopic (exact) mass is 162 g/mol. The second-order valence-electron chi connectivity index (χ2n) is 3.06. The second kappa shape index (κ2) is 3.73. The first kappa shape index (κ1) is 9.65. The smallest absolute Gasteiger partial charge is 0.303 e. The van der Waals surface area contributed by atoms with Crippen molar-refractivity contribution in [3.8, 4) is 0 Å². The van der Waals surface area contributed by atoms with Crippen molar-refractivity contribution in [3.63, 3.8) is 0 Å². The lowest BCUT2D eigenvalue weighted by molar-refractivity contribution is -0.137. The van der Waals surface area contributed by atoms with Gasteiger partial charge in [-0.15, -0.1) is 0 Å². The zero-order valence-electron chi connectivity index (χ0n) is 6.42. The largest absolute Gasteiger partial charge is 0.481 e. The molecular weight excluding hydrogens is 148 g/mol. The lowest BCUT2D eigenvalue weighted by Crippen LogP contribution is -2.24. The van der Waals surface area contributed by atoms with Crippen molar-refractivity contribution in [2.45, 2.75) is 32.0 Å². The number of carboxylic acid groups (broad SMARTS) is 1. The van der Waals surface area contributed by atoms with Gasteiger partial charge in [-0.25, -0.2) is 0 Å². The maximum atomic E-state index is 10.0. The summed E-state index contributed by atoms with van der Waals surface area (Å²) in [5.74, 6) is -0.779. The van der Waals surface area contributed by atoms with Gasteiger partial charge in [0.2, 0.25) is 0 Å². The molecular formula is C6H14O3Si. The minimum absolute atomic E-state index is 0.178. The Morgan fingerprint density at radius 2 is 2.00 bits per heavy atom. The molecule has 0 aromatic heterocycles. The summed E-state index contributed by atoms with van der Waals surface area (Å²) in [6, 6.07) is 0.680. The lowest BCUT2D eigenvalue weighted by Gasteiger charge is -2.11. The van der Waals surface area contributed by atoms with Crippen molar-refractivity contribution in [2.24, 2.45) is 0 Å². The Morgan fingerprint density at radius 3 is 2.30 bits per heavy atom. The molecule has 4 heteroatoms. The molecule has 60 valence electrons. The van der Waals surface area contributed by atoms with Gasteiger partial charge in [0.1, 0.15) is 0 Å². The first-order chi connectivity index (χ1) is 4.42. The summed E-state index contributed by atoms with van der Waals surface area (Å²) in [7, 11) is -1.99. The Morgan fingerprint density at radius 1 is 1.50 bits per heavy atom. The van der Waals surface area contributed by atoms with Gasteiger partial charge in [-0.3, -0.25) is 4.79 Å². The Bertz CT molecular complexity index is 117. The molecule has 0 atom stereocenters. The van der Waals surface area contributed by atoms with Gasteiger partial charge in [-0.2, -0.15) is 0 Å². The molecule has 0 unspecified atom stereocenters. The molecule has 0 amide bonds. The van der Waals surface area contributed by atoms with Crippen LogP contribution in [0.3, 0.4) is 0 Å². The topological polar surface area (TPSA) is 57.5 Å². The first-order valence-corrected chi connectivity index (χ1v) is 6.51. The molecule has 0 heterocycles. The van der Waals surface area contributed by atoms with Gasteiger partial charge in [-0.1, -0.05) is 0 Å². The number of carbonyl (C=O) groups is 1.